The average molecular weight is 222 g/mol. The van der Waals surface area contributed by atoms with Crippen LogP contribution in [0.15, 0.2) is 10.8 Å². The molecule has 0 aromatic heterocycles. The highest BCUT2D eigenvalue weighted by Crippen LogP contribution is 2.56. The molecular weight excluding hydrogens is 214 g/mol. The molecule has 0 spiro atoms. The summed E-state index contributed by atoms with van der Waals surface area (Å²) in [5.41, 5.74) is 0. The maximum Gasteiger partial charge on any atom is 0.618 e. The largest absolute Gasteiger partial charge is 0.618 e. The van der Waals surface area contributed by atoms with Crippen molar-refractivity contribution in [2.24, 2.45) is 0 Å². The van der Waals surface area contributed by atoms with E-state index in [1.54, 1.807) is 0 Å². The van der Waals surface area contributed by atoms with Gasteiger partial charge in [-0.15, -0.1) is 9.05 Å². The van der Waals surface area contributed by atoms with E-state index in [1.165, 1.54) is 14.2 Å². The van der Waals surface area contributed by atoms with Crippen LogP contribution in [0.5, 0.6) is 0 Å². The van der Waals surface area contributed by atoms with Gasteiger partial charge in [-0.25, -0.2) is 0 Å². The van der Waals surface area contributed by atoms with Crippen LogP contribution < -0.4 is 0 Å². The summed E-state index contributed by atoms with van der Waals surface area (Å²) in [6.45, 7) is 0. The molecule has 0 aliphatic heterocycles. The van der Waals surface area contributed by atoms with Crippen molar-refractivity contribution in [1.29, 1.82) is 0 Å². The first-order valence-corrected chi connectivity index (χ1v) is 4.72. The normalized spacial score (nSPS) is 11.0. The Hall–Kier alpha value is 0.430. The Kier molecular flexibility index (Phi) is 5.34. The lowest BCUT2D eigenvalue weighted by molar-refractivity contribution is 0.155. The molecule has 1 N–H and O–H groups in total. The Morgan fingerprint density at radius 1 is 1.36 bits per heavy atom. The molecule has 0 radical (unpaired) electrons. The highest BCUT2D eigenvalue weighted by molar-refractivity contribution is 7.55. The van der Waals surface area contributed by atoms with Crippen LogP contribution >= 0.6 is 31.4 Å². The van der Waals surface area contributed by atoms with Crippen LogP contribution in [0.25, 0.3) is 0 Å². The lowest BCUT2D eigenvalue weighted by Gasteiger charge is -2.07. The number of halogens is 2. The topological polar surface area (TPSA) is 47.9 Å². The van der Waals surface area contributed by atoms with Gasteiger partial charge in [-0.05, 0) is 0 Å². The van der Waals surface area contributed by atoms with Crippen LogP contribution in [-0.4, -0.2) is 19.1 Å². The van der Waals surface area contributed by atoms with Gasteiger partial charge in [0.25, 0.3) is 0 Å². The summed E-state index contributed by atoms with van der Waals surface area (Å²) in [6.07, 6.45) is 0.934. The summed E-state index contributed by atoms with van der Waals surface area (Å²) in [5, 5.41) is 0. The maximum absolute atomic E-state index is 9.16. The molecule has 0 amide bonds. The minimum Gasteiger partial charge on any atom is -0.266 e. The molecule has 0 saturated carbocycles. The van der Waals surface area contributed by atoms with Gasteiger partial charge in [0.2, 0.25) is 0 Å². The molecule has 0 fully saturated rings. The molecule has 0 rings (SSSR count). The molecule has 0 aromatic carbocycles. The Labute approximate surface area is 75.3 Å². The van der Waals surface area contributed by atoms with Crippen LogP contribution in [0.4, 0.5) is 0 Å². The summed E-state index contributed by atoms with van der Waals surface area (Å²) in [7, 11) is -0.744. The van der Waals surface area contributed by atoms with E-state index in [-0.39, 0.29) is 4.49 Å². The van der Waals surface area contributed by atoms with Gasteiger partial charge < -0.3 is 0 Å². The Morgan fingerprint density at radius 2 is 1.82 bits per heavy atom. The van der Waals surface area contributed by atoms with Gasteiger partial charge in [0.1, 0.15) is 4.49 Å². The van der Waals surface area contributed by atoms with Crippen molar-refractivity contribution in [2.45, 2.75) is 0 Å². The third-order valence-corrected chi connectivity index (χ3v) is 2.21. The van der Waals surface area contributed by atoms with Gasteiger partial charge >= 0.3 is 8.17 Å². The zero-order valence-electron chi connectivity index (χ0n) is 5.95. The zero-order valence-corrected chi connectivity index (χ0v) is 8.36. The van der Waals surface area contributed by atoms with Crippen molar-refractivity contribution in [1.82, 2.24) is 0 Å². The fourth-order valence-electron chi connectivity index (χ4n) is 0.267. The van der Waals surface area contributed by atoms with Gasteiger partial charge in [0.05, 0.1) is 14.2 Å². The Balaban J connectivity index is 3.98. The van der Waals surface area contributed by atoms with E-state index in [9.17, 15) is 0 Å². The first kappa shape index (κ1) is 11.4. The number of hydrogen-bond acceptors (Lipinski definition) is 4. The highest BCUT2D eigenvalue weighted by Gasteiger charge is 2.41. The first-order valence-electron chi connectivity index (χ1n) is 2.47. The molecule has 66 valence electrons. The molecule has 0 unspecified atom stereocenters. The molecular formula is C4H8Cl2O4P+. The second-order valence-electron chi connectivity index (χ2n) is 1.35. The maximum atomic E-state index is 9.16. The third-order valence-electron chi connectivity index (χ3n) is 0.736. The predicted octanol–water partition coefficient (Wildman–Crippen LogP) is 2.24. The van der Waals surface area contributed by atoms with Crippen molar-refractivity contribution < 1.29 is 18.5 Å². The summed E-state index contributed by atoms with van der Waals surface area (Å²) in [6, 6.07) is 0. The van der Waals surface area contributed by atoms with E-state index in [4.69, 9.17) is 28.1 Å². The van der Waals surface area contributed by atoms with Crippen LogP contribution in [0.1, 0.15) is 0 Å². The van der Waals surface area contributed by atoms with E-state index in [2.05, 4.69) is 13.6 Å². The monoisotopic (exact) mass is 221 g/mol. The van der Waals surface area contributed by atoms with E-state index in [0.717, 1.165) is 6.26 Å². The van der Waals surface area contributed by atoms with Crippen molar-refractivity contribution in [3.8, 4) is 0 Å². The fraction of sp³-hybridized carbons (Fsp3) is 0.500. The van der Waals surface area contributed by atoms with E-state index in [0.29, 0.717) is 0 Å². The number of rotatable bonds is 4. The molecule has 0 aromatic rings. The van der Waals surface area contributed by atoms with E-state index < -0.39 is 8.17 Å². The van der Waals surface area contributed by atoms with Gasteiger partial charge in [0, 0.05) is 0 Å². The first-order chi connectivity index (χ1) is 5.04. The van der Waals surface area contributed by atoms with Crippen LogP contribution in [0.2, 0.25) is 0 Å². The minimum absolute atomic E-state index is 0.127. The van der Waals surface area contributed by atoms with E-state index in [1.807, 2.05) is 0 Å². The van der Waals surface area contributed by atoms with Crippen molar-refractivity contribution in [3.05, 3.63) is 10.8 Å². The van der Waals surface area contributed by atoms with Gasteiger partial charge in [-0.1, -0.05) is 23.2 Å². The smallest absolute Gasteiger partial charge is 0.266 e. The lowest BCUT2D eigenvalue weighted by atomic mass is 11.2. The molecule has 0 saturated heterocycles. The third kappa shape index (κ3) is 4.80. The zero-order chi connectivity index (χ0) is 8.91. The fourth-order valence-corrected chi connectivity index (χ4v) is 1.04. The molecule has 0 aliphatic carbocycles. The molecule has 0 atom stereocenters. The molecule has 4 nitrogen and oxygen atoms in total. The summed E-state index contributed by atoms with van der Waals surface area (Å²) in [4.78, 5) is 9.16. The van der Waals surface area contributed by atoms with Gasteiger partial charge in [0.15, 0.2) is 6.26 Å². The SMILES string of the molecule is CO[P+](O)(OC)OC=C(Cl)Cl. The Morgan fingerprint density at radius 3 is 2.09 bits per heavy atom. The molecule has 7 heteroatoms. The average Bonchev–Trinajstić information content (AvgIpc) is 2.00. The Bertz CT molecular complexity index is 143. The molecule has 0 aliphatic rings. The van der Waals surface area contributed by atoms with Crippen LogP contribution in [0, 0.1) is 0 Å². The lowest BCUT2D eigenvalue weighted by Crippen LogP contribution is -1.97. The van der Waals surface area contributed by atoms with E-state index >= 15 is 0 Å². The van der Waals surface area contributed by atoms with Crippen LogP contribution in [-0.2, 0) is 13.6 Å². The van der Waals surface area contributed by atoms with Gasteiger partial charge in [-0.2, -0.15) is 4.89 Å². The molecule has 11 heavy (non-hydrogen) atoms. The summed E-state index contributed by atoms with van der Waals surface area (Å²) in [5.74, 6) is 0. The van der Waals surface area contributed by atoms with Crippen LogP contribution in [0.3, 0.4) is 0 Å². The second-order valence-corrected chi connectivity index (χ2v) is 4.23. The van der Waals surface area contributed by atoms with Gasteiger partial charge in [-0.3, -0.25) is 4.52 Å². The van der Waals surface area contributed by atoms with Crippen molar-refractivity contribution in [3.63, 3.8) is 0 Å². The quantitative estimate of drug-likeness (QED) is 0.585. The highest BCUT2D eigenvalue weighted by atomic mass is 35.5. The summed E-state index contributed by atoms with van der Waals surface area (Å²) >= 11 is 10.4. The molecule has 0 bridgehead atoms. The minimum atomic E-state index is -3.23. The number of hydrogen-bond donors (Lipinski definition) is 1. The summed E-state index contributed by atoms with van der Waals surface area (Å²) < 4.78 is 13.5. The standard InChI is InChI=1S/C4H8Cl2O4P/c1-8-11(7,9-2)10-3-4(5)6/h3,7H,1-2H3/q+1. The predicted molar refractivity (Wildman–Crippen MR) is 44.0 cm³/mol. The second kappa shape index (κ2) is 5.14. The van der Waals surface area contributed by atoms with Crippen molar-refractivity contribution >= 4 is 31.4 Å². The molecule has 0 heterocycles. The van der Waals surface area contributed by atoms with Crippen molar-refractivity contribution in [2.75, 3.05) is 14.2 Å².